The minimum Gasteiger partial charge on any atom is -0.309 e. The molecule has 1 saturated carbocycles. The van der Waals surface area contributed by atoms with E-state index in [9.17, 15) is 4.79 Å². The summed E-state index contributed by atoms with van der Waals surface area (Å²) in [6.45, 7) is 2.44. The normalized spacial score (nSPS) is 30.0. The molecule has 1 fully saturated rings. The average molecular weight is 428 g/mol. The molecule has 3 aliphatic rings. The molecule has 6 heteroatoms. The molecule has 2 aromatic heterocycles. The van der Waals surface area contributed by atoms with E-state index >= 15 is 0 Å². The van der Waals surface area contributed by atoms with Crippen LogP contribution >= 0.6 is 0 Å². The van der Waals surface area contributed by atoms with Gasteiger partial charge >= 0.3 is 0 Å². The molecule has 1 aromatic carbocycles. The van der Waals surface area contributed by atoms with Gasteiger partial charge in [0.2, 0.25) is 5.91 Å². The van der Waals surface area contributed by atoms with Crippen LogP contribution in [0.5, 0.6) is 0 Å². The van der Waals surface area contributed by atoms with Crippen LogP contribution in [0.25, 0.3) is 0 Å². The number of H-pyrrole nitrogens is 1. The first-order valence-corrected chi connectivity index (χ1v) is 11.8. The number of aromatic nitrogens is 4. The smallest absolute Gasteiger partial charge is 0.225 e. The van der Waals surface area contributed by atoms with Crippen molar-refractivity contribution in [2.24, 2.45) is 11.8 Å². The number of hydrogen-bond acceptors (Lipinski definition) is 4. The third kappa shape index (κ3) is 2.99. The molecule has 3 aliphatic carbocycles. The standard InChI is InChI=1S/C26H29N5O/c1-26-13-12-18-17-6-3-2-5-16(17)8-9-19(18)24(26)20(21-15-28-31-25(21)26)10-11-23(32)29-22-7-4-14-27-30-22/h2-7,14-15,18-20,24H,8-13H2,1H3,(H,28,31)(H,29,30,32)/t18?,19?,20-,24?,26+/m1/s1. The summed E-state index contributed by atoms with van der Waals surface area (Å²) in [5, 5.41) is 18.5. The Balaban J connectivity index is 1.28. The zero-order valence-corrected chi connectivity index (χ0v) is 18.4. The number of nitrogens with one attached hydrogen (secondary N) is 2. The highest BCUT2D eigenvalue weighted by Gasteiger charge is 2.57. The Kier molecular flexibility index (Phi) is 4.63. The summed E-state index contributed by atoms with van der Waals surface area (Å²) in [6, 6.07) is 12.6. The number of carbonyl (C=O) groups is 1. The fraction of sp³-hybridized carbons (Fsp3) is 0.462. The summed E-state index contributed by atoms with van der Waals surface area (Å²) in [4.78, 5) is 12.7. The van der Waals surface area contributed by atoms with Gasteiger partial charge in [0.05, 0.1) is 6.20 Å². The third-order valence-corrected chi connectivity index (χ3v) is 8.48. The number of aryl methyl sites for hydroxylation is 1. The molecule has 1 amide bonds. The van der Waals surface area contributed by atoms with E-state index in [2.05, 4.69) is 56.9 Å². The Morgan fingerprint density at radius 1 is 1.19 bits per heavy atom. The predicted molar refractivity (Wildman–Crippen MR) is 122 cm³/mol. The molecule has 6 nitrogen and oxygen atoms in total. The van der Waals surface area contributed by atoms with Gasteiger partial charge in [-0.1, -0.05) is 31.2 Å². The third-order valence-electron chi connectivity index (χ3n) is 8.48. The van der Waals surface area contributed by atoms with Crippen LogP contribution in [0.15, 0.2) is 48.8 Å². The lowest BCUT2D eigenvalue weighted by atomic mass is 9.53. The van der Waals surface area contributed by atoms with Crippen LogP contribution in [-0.2, 0) is 16.6 Å². The first-order valence-electron chi connectivity index (χ1n) is 11.8. The molecule has 3 aromatic rings. The molecular formula is C26H29N5O. The van der Waals surface area contributed by atoms with Crippen LogP contribution in [0.3, 0.4) is 0 Å². The molecule has 2 N–H and O–H groups in total. The van der Waals surface area contributed by atoms with Gasteiger partial charge in [-0.2, -0.15) is 10.2 Å². The minimum atomic E-state index is 0.00509. The van der Waals surface area contributed by atoms with E-state index in [1.807, 2.05) is 6.20 Å². The van der Waals surface area contributed by atoms with Crippen molar-refractivity contribution in [2.45, 2.75) is 62.7 Å². The minimum absolute atomic E-state index is 0.00509. The molecule has 0 saturated heterocycles. The van der Waals surface area contributed by atoms with Crippen LogP contribution < -0.4 is 5.32 Å². The SMILES string of the molecule is C[C@]12CCC3c4ccccc4CCC3C1[C@H](CCC(=O)Nc1cccnn1)c1cn[nH]c12. The summed E-state index contributed by atoms with van der Waals surface area (Å²) in [5.74, 6) is 2.70. The molecule has 0 spiro atoms. The van der Waals surface area contributed by atoms with Crippen molar-refractivity contribution in [2.75, 3.05) is 5.32 Å². The summed E-state index contributed by atoms with van der Waals surface area (Å²) in [5.41, 5.74) is 5.88. The van der Waals surface area contributed by atoms with Crippen molar-refractivity contribution in [3.8, 4) is 0 Å². The second kappa shape index (κ2) is 7.54. The van der Waals surface area contributed by atoms with Gasteiger partial charge in [-0.3, -0.25) is 9.89 Å². The molecule has 32 heavy (non-hydrogen) atoms. The van der Waals surface area contributed by atoms with E-state index in [4.69, 9.17) is 0 Å². The van der Waals surface area contributed by atoms with Crippen molar-refractivity contribution < 1.29 is 4.79 Å². The van der Waals surface area contributed by atoms with Gasteiger partial charge in [-0.15, -0.1) is 5.10 Å². The lowest BCUT2D eigenvalue weighted by molar-refractivity contribution is -0.116. The zero-order valence-electron chi connectivity index (χ0n) is 18.4. The van der Waals surface area contributed by atoms with Crippen LogP contribution in [0.4, 0.5) is 5.82 Å². The second-order valence-electron chi connectivity index (χ2n) is 9.99. The van der Waals surface area contributed by atoms with Gasteiger partial charge in [0, 0.05) is 23.7 Å². The lowest BCUT2D eigenvalue weighted by Crippen LogP contribution is -2.44. The van der Waals surface area contributed by atoms with Gasteiger partial charge in [0.15, 0.2) is 5.82 Å². The molecule has 2 heterocycles. The zero-order chi connectivity index (χ0) is 21.7. The van der Waals surface area contributed by atoms with Gasteiger partial charge < -0.3 is 5.32 Å². The number of fused-ring (bicyclic) bond motifs is 7. The Labute approximate surface area is 188 Å². The second-order valence-corrected chi connectivity index (χ2v) is 9.99. The maximum Gasteiger partial charge on any atom is 0.225 e. The van der Waals surface area contributed by atoms with Gasteiger partial charge in [-0.25, -0.2) is 0 Å². The molecule has 0 aliphatic heterocycles. The molecule has 164 valence electrons. The topological polar surface area (TPSA) is 83.6 Å². The fourth-order valence-corrected chi connectivity index (χ4v) is 7.23. The molecule has 0 bridgehead atoms. The van der Waals surface area contributed by atoms with Crippen molar-refractivity contribution in [3.05, 3.63) is 71.2 Å². The molecule has 3 unspecified atom stereocenters. The van der Waals surface area contributed by atoms with Crippen LogP contribution in [0, 0.1) is 11.8 Å². The van der Waals surface area contributed by atoms with Crippen molar-refractivity contribution in [1.82, 2.24) is 20.4 Å². The first kappa shape index (κ1) is 19.6. The number of aromatic amines is 1. The van der Waals surface area contributed by atoms with Crippen molar-refractivity contribution >= 4 is 11.7 Å². The number of carbonyl (C=O) groups excluding carboxylic acids is 1. The number of anilines is 1. The molecular weight excluding hydrogens is 398 g/mol. The van der Waals surface area contributed by atoms with E-state index in [1.165, 1.54) is 36.1 Å². The van der Waals surface area contributed by atoms with Crippen molar-refractivity contribution in [3.63, 3.8) is 0 Å². The predicted octanol–water partition coefficient (Wildman–Crippen LogP) is 4.73. The maximum absolute atomic E-state index is 12.7. The lowest BCUT2D eigenvalue weighted by Gasteiger charge is -2.50. The van der Waals surface area contributed by atoms with Gasteiger partial charge in [0.25, 0.3) is 0 Å². The van der Waals surface area contributed by atoms with Crippen LogP contribution in [-0.4, -0.2) is 26.3 Å². The summed E-state index contributed by atoms with van der Waals surface area (Å²) in [7, 11) is 0. The highest BCUT2D eigenvalue weighted by atomic mass is 16.1. The molecule has 5 atom stereocenters. The Hall–Kier alpha value is -3.02. The van der Waals surface area contributed by atoms with Gasteiger partial charge in [0.1, 0.15) is 0 Å². The van der Waals surface area contributed by atoms with Crippen molar-refractivity contribution in [1.29, 1.82) is 0 Å². The Morgan fingerprint density at radius 3 is 2.97 bits per heavy atom. The van der Waals surface area contributed by atoms with E-state index < -0.39 is 0 Å². The average Bonchev–Trinajstić information content (AvgIpc) is 3.39. The highest BCUT2D eigenvalue weighted by Crippen LogP contribution is 2.64. The number of amides is 1. The Morgan fingerprint density at radius 2 is 2.09 bits per heavy atom. The molecule has 0 radical (unpaired) electrons. The fourth-order valence-electron chi connectivity index (χ4n) is 7.23. The monoisotopic (exact) mass is 427 g/mol. The number of nitrogens with zero attached hydrogens (tertiary/aromatic N) is 3. The van der Waals surface area contributed by atoms with Crippen LogP contribution in [0.2, 0.25) is 0 Å². The Bertz CT molecular complexity index is 1140. The number of hydrogen-bond donors (Lipinski definition) is 2. The first-order chi connectivity index (χ1) is 15.6. The summed E-state index contributed by atoms with van der Waals surface area (Å²) in [6.07, 6.45) is 9.75. The van der Waals surface area contributed by atoms with Crippen LogP contribution in [0.1, 0.15) is 73.2 Å². The number of benzene rings is 1. The maximum atomic E-state index is 12.7. The quantitative estimate of drug-likeness (QED) is 0.630. The van der Waals surface area contributed by atoms with E-state index in [1.54, 1.807) is 23.9 Å². The molecule has 6 rings (SSSR count). The largest absolute Gasteiger partial charge is 0.309 e. The van der Waals surface area contributed by atoms with Gasteiger partial charge in [-0.05, 0) is 84.6 Å². The summed E-state index contributed by atoms with van der Waals surface area (Å²) >= 11 is 0. The van der Waals surface area contributed by atoms with E-state index in [0.29, 0.717) is 35.9 Å². The van der Waals surface area contributed by atoms with E-state index in [-0.39, 0.29) is 11.3 Å². The van der Waals surface area contributed by atoms with E-state index in [0.717, 1.165) is 12.8 Å². The highest BCUT2D eigenvalue weighted by molar-refractivity contribution is 5.89. The number of rotatable bonds is 4. The summed E-state index contributed by atoms with van der Waals surface area (Å²) < 4.78 is 0.